The molecule has 0 spiro atoms. The van der Waals surface area contributed by atoms with Gasteiger partial charge in [-0.2, -0.15) is 5.10 Å². The number of likely N-dealkylation sites (tertiary alicyclic amines) is 1. The predicted octanol–water partition coefficient (Wildman–Crippen LogP) is 1.60. The van der Waals surface area contributed by atoms with Gasteiger partial charge in [0.25, 0.3) is 5.91 Å². The summed E-state index contributed by atoms with van der Waals surface area (Å²) in [7, 11) is 1.98. The Labute approximate surface area is 114 Å². The Morgan fingerprint density at radius 1 is 1.53 bits per heavy atom. The smallest absolute Gasteiger partial charge is 0.274 e. The molecule has 0 saturated carbocycles. The molecular weight excluding hydrogens is 240 g/mol. The zero-order chi connectivity index (χ0) is 13.8. The van der Waals surface area contributed by atoms with Crippen molar-refractivity contribution in [2.45, 2.75) is 32.6 Å². The van der Waals surface area contributed by atoms with E-state index in [9.17, 15) is 4.79 Å². The first-order valence-electron chi connectivity index (χ1n) is 7.11. The number of piperidine rings is 1. The van der Waals surface area contributed by atoms with Crippen LogP contribution in [0.25, 0.3) is 0 Å². The third-order valence-electron chi connectivity index (χ3n) is 3.83. The highest BCUT2D eigenvalue weighted by atomic mass is 16.2. The van der Waals surface area contributed by atoms with Crippen LogP contribution in [0.3, 0.4) is 0 Å². The highest BCUT2D eigenvalue weighted by molar-refractivity contribution is 5.92. The Morgan fingerprint density at radius 3 is 2.74 bits per heavy atom. The van der Waals surface area contributed by atoms with Crippen molar-refractivity contribution >= 4 is 5.91 Å². The molecule has 1 amide bonds. The van der Waals surface area contributed by atoms with Gasteiger partial charge in [0.05, 0.1) is 0 Å². The van der Waals surface area contributed by atoms with Gasteiger partial charge in [0.2, 0.25) is 0 Å². The number of nitrogens with one attached hydrogen (secondary N) is 2. The first-order valence-corrected chi connectivity index (χ1v) is 7.11. The second-order valence-electron chi connectivity index (χ2n) is 5.66. The first-order chi connectivity index (χ1) is 9.11. The van der Waals surface area contributed by atoms with Crippen LogP contribution in [-0.2, 0) is 0 Å². The molecule has 106 valence electrons. The molecule has 0 bridgehead atoms. The Bertz CT molecular complexity index is 419. The van der Waals surface area contributed by atoms with E-state index in [1.54, 1.807) is 0 Å². The van der Waals surface area contributed by atoms with Crippen LogP contribution in [0.15, 0.2) is 6.07 Å². The lowest BCUT2D eigenvalue weighted by Crippen LogP contribution is -2.40. The summed E-state index contributed by atoms with van der Waals surface area (Å²) in [6.45, 7) is 6.90. The molecule has 1 aliphatic rings. The lowest BCUT2D eigenvalue weighted by atomic mass is 9.96. The van der Waals surface area contributed by atoms with Crippen LogP contribution in [-0.4, -0.2) is 47.7 Å². The van der Waals surface area contributed by atoms with E-state index in [1.165, 1.54) is 0 Å². The van der Waals surface area contributed by atoms with Crippen molar-refractivity contribution in [1.82, 2.24) is 20.4 Å². The quantitative estimate of drug-likeness (QED) is 0.868. The van der Waals surface area contributed by atoms with Gasteiger partial charge in [-0.25, -0.2) is 0 Å². The molecule has 0 unspecified atom stereocenters. The largest absolute Gasteiger partial charge is 0.337 e. The molecule has 1 aliphatic heterocycles. The van der Waals surface area contributed by atoms with Gasteiger partial charge in [0, 0.05) is 18.8 Å². The van der Waals surface area contributed by atoms with Gasteiger partial charge >= 0.3 is 0 Å². The van der Waals surface area contributed by atoms with Crippen molar-refractivity contribution < 1.29 is 4.79 Å². The number of hydrogen-bond acceptors (Lipinski definition) is 3. The van der Waals surface area contributed by atoms with Crippen molar-refractivity contribution in [3.63, 3.8) is 0 Å². The molecule has 1 saturated heterocycles. The number of hydrogen-bond donors (Lipinski definition) is 2. The summed E-state index contributed by atoms with van der Waals surface area (Å²) in [4.78, 5) is 14.3. The third-order valence-corrected chi connectivity index (χ3v) is 3.83. The van der Waals surface area contributed by atoms with E-state index in [4.69, 9.17) is 0 Å². The zero-order valence-corrected chi connectivity index (χ0v) is 12.1. The Hall–Kier alpha value is -1.36. The molecule has 0 atom stereocenters. The highest BCUT2D eigenvalue weighted by Gasteiger charge is 2.24. The lowest BCUT2D eigenvalue weighted by molar-refractivity contribution is 0.0685. The van der Waals surface area contributed by atoms with E-state index in [2.05, 4.69) is 29.4 Å². The minimum absolute atomic E-state index is 0.0612. The van der Waals surface area contributed by atoms with Crippen LogP contribution < -0.4 is 5.32 Å². The topological polar surface area (TPSA) is 61.0 Å². The Balaban J connectivity index is 1.93. The Morgan fingerprint density at radius 2 is 2.21 bits per heavy atom. The number of rotatable bonds is 4. The summed E-state index contributed by atoms with van der Waals surface area (Å²) in [6.07, 6.45) is 2.15. The summed E-state index contributed by atoms with van der Waals surface area (Å²) in [5.41, 5.74) is 1.57. The van der Waals surface area contributed by atoms with Crippen molar-refractivity contribution in [1.29, 1.82) is 0 Å². The fraction of sp³-hybridized carbons (Fsp3) is 0.714. The van der Waals surface area contributed by atoms with E-state index >= 15 is 0 Å². The molecule has 2 heterocycles. The zero-order valence-electron chi connectivity index (χ0n) is 12.1. The van der Waals surface area contributed by atoms with Crippen LogP contribution in [0.4, 0.5) is 0 Å². The molecule has 1 fully saturated rings. The average Bonchev–Trinajstić information content (AvgIpc) is 2.89. The summed E-state index contributed by atoms with van der Waals surface area (Å²) >= 11 is 0. The fourth-order valence-electron chi connectivity index (χ4n) is 2.53. The molecular formula is C14H24N4O. The van der Waals surface area contributed by atoms with Gasteiger partial charge in [-0.05, 0) is 44.3 Å². The van der Waals surface area contributed by atoms with Crippen molar-refractivity contribution in [2.75, 3.05) is 26.7 Å². The number of carbonyl (C=O) groups is 1. The predicted molar refractivity (Wildman–Crippen MR) is 75.2 cm³/mol. The summed E-state index contributed by atoms with van der Waals surface area (Å²) in [5.74, 6) is 1.13. The minimum Gasteiger partial charge on any atom is -0.337 e. The van der Waals surface area contributed by atoms with Gasteiger partial charge in [-0.3, -0.25) is 9.89 Å². The van der Waals surface area contributed by atoms with Crippen LogP contribution in [0.5, 0.6) is 0 Å². The highest BCUT2D eigenvalue weighted by Crippen LogP contribution is 2.19. The van der Waals surface area contributed by atoms with Crippen molar-refractivity contribution in [3.05, 3.63) is 17.5 Å². The molecule has 5 heteroatoms. The second kappa shape index (κ2) is 6.19. The SMILES string of the molecule is CNCC1CCN(C(=O)c2cc(C(C)C)[nH]n2)CC1. The number of amides is 1. The molecule has 1 aromatic rings. The number of aromatic amines is 1. The van der Waals surface area contributed by atoms with E-state index in [-0.39, 0.29) is 5.91 Å². The molecule has 2 N–H and O–H groups in total. The monoisotopic (exact) mass is 264 g/mol. The summed E-state index contributed by atoms with van der Waals surface area (Å²) < 4.78 is 0. The number of H-pyrrole nitrogens is 1. The van der Waals surface area contributed by atoms with Gasteiger partial charge in [-0.15, -0.1) is 0 Å². The first kappa shape index (κ1) is 14.1. The van der Waals surface area contributed by atoms with E-state index in [0.29, 0.717) is 17.5 Å². The van der Waals surface area contributed by atoms with Crippen LogP contribution >= 0.6 is 0 Å². The molecule has 19 heavy (non-hydrogen) atoms. The van der Waals surface area contributed by atoms with E-state index < -0.39 is 0 Å². The molecule has 0 aromatic carbocycles. The lowest BCUT2D eigenvalue weighted by Gasteiger charge is -2.31. The average molecular weight is 264 g/mol. The molecule has 5 nitrogen and oxygen atoms in total. The molecule has 0 aliphatic carbocycles. The van der Waals surface area contributed by atoms with Crippen LogP contribution in [0.2, 0.25) is 0 Å². The third kappa shape index (κ3) is 3.35. The van der Waals surface area contributed by atoms with Gasteiger partial charge in [0.15, 0.2) is 0 Å². The maximum absolute atomic E-state index is 12.3. The summed E-state index contributed by atoms with van der Waals surface area (Å²) in [6, 6.07) is 1.88. The Kier molecular flexibility index (Phi) is 4.58. The van der Waals surface area contributed by atoms with Crippen LogP contribution in [0, 0.1) is 5.92 Å². The molecule has 0 radical (unpaired) electrons. The molecule has 2 rings (SSSR count). The minimum atomic E-state index is 0.0612. The fourth-order valence-corrected chi connectivity index (χ4v) is 2.53. The molecule has 1 aromatic heterocycles. The standard InChI is InChI=1S/C14H24N4O/c1-10(2)12-8-13(17-16-12)14(19)18-6-4-11(5-7-18)9-15-3/h8,10-11,15H,4-7,9H2,1-3H3,(H,16,17). The maximum Gasteiger partial charge on any atom is 0.274 e. The van der Waals surface area contributed by atoms with Crippen molar-refractivity contribution in [2.24, 2.45) is 5.92 Å². The van der Waals surface area contributed by atoms with Gasteiger partial charge in [0.1, 0.15) is 5.69 Å². The van der Waals surface area contributed by atoms with Gasteiger partial charge < -0.3 is 10.2 Å². The van der Waals surface area contributed by atoms with E-state index in [0.717, 1.165) is 38.2 Å². The normalized spacial score (nSPS) is 17.2. The van der Waals surface area contributed by atoms with Crippen LogP contribution in [0.1, 0.15) is 48.8 Å². The van der Waals surface area contributed by atoms with E-state index in [1.807, 2.05) is 18.0 Å². The van der Waals surface area contributed by atoms with Gasteiger partial charge in [-0.1, -0.05) is 13.8 Å². The number of nitrogens with zero attached hydrogens (tertiary/aromatic N) is 2. The number of carbonyl (C=O) groups excluding carboxylic acids is 1. The summed E-state index contributed by atoms with van der Waals surface area (Å²) in [5, 5.41) is 10.3. The maximum atomic E-state index is 12.3. The number of aromatic nitrogens is 2. The second-order valence-corrected chi connectivity index (χ2v) is 5.66. The van der Waals surface area contributed by atoms with Crippen molar-refractivity contribution in [3.8, 4) is 0 Å².